The van der Waals surface area contributed by atoms with E-state index in [1.165, 1.54) is 0 Å². The van der Waals surface area contributed by atoms with Crippen LogP contribution in [-0.2, 0) is 16.1 Å². The molecule has 6 nitrogen and oxygen atoms in total. The Morgan fingerprint density at radius 1 is 1.11 bits per heavy atom. The van der Waals surface area contributed by atoms with Crippen LogP contribution in [0.25, 0.3) is 0 Å². The number of methoxy groups -OCH3 is 1. The fraction of sp³-hybridized carbons (Fsp3) is 0.333. The zero-order chi connectivity index (χ0) is 20.5. The number of quaternary nitrogens is 1. The largest absolute Gasteiger partial charge is 0.496 e. The van der Waals surface area contributed by atoms with E-state index < -0.39 is 0 Å². The highest BCUT2D eigenvalue weighted by atomic mass is 32.2. The molecule has 0 radical (unpaired) electrons. The van der Waals surface area contributed by atoms with E-state index >= 15 is 0 Å². The van der Waals surface area contributed by atoms with Crippen molar-refractivity contribution >= 4 is 29.3 Å². The summed E-state index contributed by atoms with van der Waals surface area (Å²) in [4.78, 5) is 28.4. The molecule has 0 saturated heterocycles. The number of rotatable bonds is 9. The average molecular weight is 403 g/mol. The van der Waals surface area contributed by atoms with E-state index in [-0.39, 0.29) is 24.9 Å². The number of likely N-dealkylation sites (N-methyl/N-ethyl adjacent to an activating group) is 2. The van der Waals surface area contributed by atoms with Gasteiger partial charge in [0.2, 0.25) is 0 Å². The molecule has 0 aliphatic heterocycles. The minimum atomic E-state index is -0.112. The molecule has 0 aliphatic rings. The summed E-state index contributed by atoms with van der Waals surface area (Å²) in [6.07, 6.45) is 1.97. The van der Waals surface area contributed by atoms with Crippen LogP contribution < -0.4 is 15.0 Å². The first kappa shape index (κ1) is 21.8. The number of nitrogens with one attached hydrogen (secondary N) is 2. The van der Waals surface area contributed by atoms with Gasteiger partial charge in [-0.15, -0.1) is 11.8 Å². The van der Waals surface area contributed by atoms with Crippen LogP contribution in [0, 0.1) is 0 Å². The SMILES string of the molecule is COc1ccccc1CN(C)C(=O)C[NH+](C)CC(=O)Nc1ccccc1SC. The average Bonchev–Trinajstić information content (AvgIpc) is 2.68. The highest BCUT2D eigenvalue weighted by molar-refractivity contribution is 7.98. The molecule has 150 valence electrons. The smallest absolute Gasteiger partial charge is 0.279 e. The summed E-state index contributed by atoms with van der Waals surface area (Å²) in [5.74, 6) is 0.620. The molecule has 0 aliphatic carbocycles. The number of thioether (sulfide) groups is 1. The number of ether oxygens (including phenoxy) is 1. The van der Waals surface area contributed by atoms with Gasteiger partial charge in [0.1, 0.15) is 5.75 Å². The van der Waals surface area contributed by atoms with Crippen molar-refractivity contribution in [3.63, 3.8) is 0 Å². The minimum Gasteiger partial charge on any atom is -0.496 e. The van der Waals surface area contributed by atoms with Gasteiger partial charge in [0.15, 0.2) is 13.1 Å². The van der Waals surface area contributed by atoms with E-state index in [9.17, 15) is 9.59 Å². The molecule has 1 unspecified atom stereocenters. The molecular weight excluding hydrogens is 374 g/mol. The Kier molecular flexibility index (Phi) is 8.35. The molecule has 28 heavy (non-hydrogen) atoms. The molecule has 2 rings (SSSR count). The maximum Gasteiger partial charge on any atom is 0.279 e. The van der Waals surface area contributed by atoms with Crippen LogP contribution in [0.3, 0.4) is 0 Å². The number of para-hydroxylation sites is 2. The van der Waals surface area contributed by atoms with Crippen LogP contribution in [0.15, 0.2) is 53.4 Å². The minimum absolute atomic E-state index is 0.0271. The Labute approximate surface area is 170 Å². The number of hydrogen-bond donors (Lipinski definition) is 2. The second-order valence-corrected chi connectivity index (χ2v) is 7.47. The van der Waals surface area contributed by atoms with Gasteiger partial charge in [-0.05, 0) is 24.5 Å². The van der Waals surface area contributed by atoms with Gasteiger partial charge < -0.3 is 19.9 Å². The molecule has 0 aromatic heterocycles. The maximum atomic E-state index is 12.5. The zero-order valence-electron chi connectivity index (χ0n) is 16.8. The quantitative estimate of drug-likeness (QED) is 0.625. The zero-order valence-corrected chi connectivity index (χ0v) is 17.6. The summed E-state index contributed by atoms with van der Waals surface area (Å²) < 4.78 is 5.34. The van der Waals surface area contributed by atoms with E-state index in [0.717, 1.165) is 26.8 Å². The monoisotopic (exact) mass is 402 g/mol. The molecule has 2 aromatic rings. The van der Waals surface area contributed by atoms with Gasteiger partial charge in [0, 0.05) is 24.1 Å². The Morgan fingerprint density at radius 3 is 2.50 bits per heavy atom. The van der Waals surface area contributed by atoms with E-state index in [2.05, 4.69) is 5.32 Å². The van der Waals surface area contributed by atoms with E-state index in [1.807, 2.05) is 61.8 Å². The molecule has 2 N–H and O–H groups in total. The third-order valence-corrected chi connectivity index (χ3v) is 5.12. The maximum absolute atomic E-state index is 12.5. The lowest BCUT2D eigenvalue weighted by Crippen LogP contribution is -3.11. The molecule has 0 spiro atoms. The van der Waals surface area contributed by atoms with E-state index in [0.29, 0.717) is 6.54 Å². The van der Waals surface area contributed by atoms with Crippen molar-refractivity contribution in [3.8, 4) is 5.75 Å². The number of amides is 2. The Hall–Kier alpha value is -2.51. The van der Waals surface area contributed by atoms with Crippen molar-refractivity contribution in [3.05, 3.63) is 54.1 Å². The second kappa shape index (κ2) is 10.7. The van der Waals surface area contributed by atoms with Crippen LogP contribution in [0.1, 0.15) is 5.56 Å². The molecule has 0 bridgehead atoms. The normalized spacial score (nSPS) is 11.6. The topological polar surface area (TPSA) is 63.1 Å². The van der Waals surface area contributed by atoms with Crippen molar-refractivity contribution in [1.82, 2.24) is 4.90 Å². The summed E-state index contributed by atoms with van der Waals surface area (Å²) in [7, 11) is 5.22. The molecule has 0 heterocycles. The van der Waals surface area contributed by atoms with Crippen molar-refractivity contribution in [2.24, 2.45) is 0 Å². The molecule has 2 aromatic carbocycles. The van der Waals surface area contributed by atoms with Crippen molar-refractivity contribution in [1.29, 1.82) is 0 Å². The third kappa shape index (κ3) is 6.28. The van der Waals surface area contributed by atoms with Gasteiger partial charge in [-0.3, -0.25) is 9.59 Å². The number of anilines is 1. The highest BCUT2D eigenvalue weighted by Gasteiger charge is 2.19. The molecule has 1 atom stereocenters. The summed E-state index contributed by atoms with van der Waals surface area (Å²) in [6.45, 7) is 0.920. The highest BCUT2D eigenvalue weighted by Crippen LogP contribution is 2.24. The van der Waals surface area contributed by atoms with Crippen LogP contribution in [-0.4, -0.2) is 57.3 Å². The van der Waals surface area contributed by atoms with Crippen LogP contribution in [0.2, 0.25) is 0 Å². The standard InChI is InChI=1S/C21H27N3O3S/c1-23(14-20(25)22-17-10-6-8-12-19(17)28-4)15-21(26)24(2)13-16-9-5-7-11-18(16)27-3/h5-12H,13-15H2,1-4H3,(H,22,25)/p+1. The van der Waals surface area contributed by atoms with Crippen molar-refractivity contribution in [2.75, 3.05) is 45.9 Å². The Bertz CT molecular complexity index is 813. The summed E-state index contributed by atoms with van der Waals surface area (Å²) in [6, 6.07) is 15.3. The predicted molar refractivity (Wildman–Crippen MR) is 113 cm³/mol. The van der Waals surface area contributed by atoms with Crippen LogP contribution in [0.5, 0.6) is 5.75 Å². The number of carbonyl (C=O) groups excluding carboxylic acids is 2. The Morgan fingerprint density at radius 2 is 1.79 bits per heavy atom. The van der Waals surface area contributed by atoms with Gasteiger partial charge in [0.25, 0.3) is 11.8 Å². The number of benzene rings is 2. The lowest BCUT2D eigenvalue weighted by atomic mass is 10.2. The number of carbonyl (C=O) groups is 2. The molecule has 0 saturated carbocycles. The lowest BCUT2D eigenvalue weighted by molar-refractivity contribution is -0.862. The predicted octanol–water partition coefficient (Wildman–Crippen LogP) is 1.53. The second-order valence-electron chi connectivity index (χ2n) is 6.62. The summed E-state index contributed by atoms with van der Waals surface area (Å²) >= 11 is 1.58. The van der Waals surface area contributed by atoms with Crippen molar-refractivity contribution < 1.29 is 19.2 Å². The molecular formula is C21H28N3O3S+. The van der Waals surface area contributed by atoms with Gasteiger partial charge in [-0.2, -0.15) is 0 Å². The van der Waals surface area contributed by atoms with E-state index in [4.69, 9.17) is 4.74 Å². The third-order valence-electron chi connectivity index (χ3n) is 4.32. The van der Waals surface area contributed by atoms with Gasteiger partial charge in [-0.1, -0.05) is 30.3 Å². The molecule has 2 amide bonds. The Balaban J connectivity index is 1.86. The number of nitrogens with zero attached hydrogens (tertiary/aromatic N) is 1. The first-order valence-corrected chi connectivity index (χ1v) is 10.3. The van der Waals surface area contributed by atoms with Crippen molar-refractivity contribution in [2.45, 2.75) is 11.4 Å². The van der Waals surface area contributed by atoms with Crippen LogP contribution in [0.4, 0.5) is 5.69 Å². The first-order valence-electron chi connectivity index (χ1n) is 9.04. The number of hydrogen-bond acceptors (Lipinski definition) is 4. The van der Waals surface area contributed by atoms with Gasteiger partial charge in [-0.25, -0.2) is 0 Å². The molecule has 7 heteroatoms. The summed E-state index contributed by atoms with van der Waals surface area (Å²) in [5, 5.41) is 2.93. The molecule has 0 fully saturated rings. The fourth-order valence-electron chi connectivity index (χ4n) is 2.85. The van der Waals surface area contributed by atoms with Gasteiger partial charge in [0.05, 0.1) is 19.8 Å². The van der Waals surface area contributed by atoms with E-state index in [1.54, 1.807) is 30.8 Å². The summed E-state index contributed by atoms with van der Waals surface area (Å²) in [5.41, 5.74) is 1.75. The lowest BCUT2D eigenvalue weighted by Gasteiger charge is -2.21. The van der Waals surface area contributed by atoms with Gasteiger partial charge >= 0.3 is 0 Å². The fourth-order valence-corrected chi connectivity index (χ4v) is 3.40. The first-order chi connectivity index (χ1) is 13.4. The van der Waals surface area contributed by atoms with Crippen LogP contribution >= 0.6 is 11.8 Å².